The maximum atomic E-state index is 12.4. The van der Waals surface area contributed by atoms with E-state index in [1.165, 1.54) is 0 Å². The zero-order valence-corrected chi connectivity index (χ0v) is 13.7. The summed E-state index contributed by atoms with van der Waals surface area (Å²) in [5.41, 5.74) is 0.603. The molecule has 0 unspecified atom stereocenters. The molecule has 0 bridgehead atoms. The number of nitrogens with one attached hydrogen (secondary N) is 2. The Morgan fingerprint density at radius 1 is 1.41 bits per heavy atom. The lowest BCUT2D eigenvalue weighted by Gasteiger charge is -2.21. The van der Waals surface area contributed by atoms with Crippen LogP contribution in [0.4, 0.5) is 5.69 Å². The van der Waals surface area contributed by atoms with E-state index in [1.54, 1.807) is 31.2 Å². The van der Waals surface area contributed by atoms with Gasteiger partial charge in [-0.25, -0.2) is 8.42 Å². The predicted molar refractivity (Wildman–Crippen MR) is 85.4 cm³/mol. The van der Waals surface area contributed by atoms with Crippen molar-refractivity contribution in [3.05, 3.63) is 29.8 Å². The second kappa shape index (κ2) is 7.11. The van der Waals surface area contributed by atoms with Gasteiger partial charge in [0.25, 0.3) is 5.91 Å². The standard InChI is InChI=1S/C15H22N2O4S/c1-3-22(19,20)17-13-8-5-4-7-12(13)15(18)16-11(2)14-9-6-10-21-14/h4-5,7-8,11,14,17H,3,6,9-10H2,1-2H3,(H,16,18)/t11-,14-/m0/s1. The van der Waals surface area contributed by atoms with Crippen LogP contribution in [0, 0.1) is 0 Å². The van der Waals surface area contributed by atoms with Crippen molar-refractivity contribution in [2.24, 2.45) is 0 Å². The highest BCUT2D eigenvalue weighted by Crippen LogP contribution is 2.19. The Hall–Kier alpha value is -1.60. The van der Waals surface area contributed by atoms with Crippen LogP contribution >= 0.6 is 0 Å². The third-order valence-electron chi connectivity index (χ3n) is 3.70. The van der Waals surface area contributed by atoms with E-state index in [2.05, 4.69) is 10.0 Å². The fourth-order valence-corrected chi connectivity index (χ4v) is 3.04. The van der Waals surface area contributed by atoms with E-state index in [0.29, 0.717) is 11.3 Å². The molecule has 1 aromatic carbocycles. The minimum absolute atomic E-state index is 0.0171. The number of anilines is 1. The van der Waals surface area contributed by atoms with Gasteiger partial charge in [0, 0.05) is 6.61 Å². The molecule has 2 rings (SSSR count). The molecular weight excluding hydrogens is 304 g/mol. The van der Waals surface area contributed by atoms with Crippen molar-refractivity contribution in [1.29, 1.82) is 0 Å². The Morgan fingerprint density at radius 2 is 2.14 bits per heavy atom. The monoisotopic (exact) mass is 326 g/mol. The highest BCUT2D eigenvalue weighted by atomic mass is 32.2. The van der Waals surface area contributed by atoms with E-state index in [0.717, 1.165) is 19.4 Å². The number of para-hydroxylation sites is 1. The summed E-state index contributed by atoms with van der Waals surface area (Å²) < 4.78 is 31.4. The van der Waals surface area contributed by atoms with Gasteiger partial charge in [-0.1, -0.05) is 12.1 Å². The van der Waals surface area contributed by atoms with Gasteiger partial charge in [0.2, 0.25) is 10.0 Å². The van der Waals surface area contributed by atoms with Gasteiger partial charge >= 0.3 is 0 Å². The molecule has 0 aliphatic carbocycles. The van der Waals surface area contributed by atoms with Crippen LogP contribution in [0.1, 0.15) is 37.0 Å². The first-order chi connectivity index (χ1) is 10.4. The van der Waals surface area contributed by atoms with Crippen LogP contribution in [0.15, 0.2) is 24.3 Å². The van der Waals surface area contributed by atoms with E-state index < -0.39 is 10.0 Å². The number of sulfonamides is 1. The van der Waals surface area contributed by atoms with Crippen LogP contribution in [0.3, 0.4) is 0 Å². The zero-order chi connectivity index (χ0) is 16.2. The van der Waals surface area contributed by atoms with Crippen molar-refractivity contribution in [1.82, 2.24) is 5.32 Å². The molecule has 1 aliphatic heterocycles. The molecule has 7 heteroatoms. The molecule has 1 aromatic rings. The number of carbonyl (C=O) groups is 1. The van der Waals surface area contributed by atoms with Gasteiger partial charge in [0.15, 0.2) is 0 Å². The molecule has 1 aliphatic rings. The summed E-state index contributed by atoms with van der Waals surface area (Å²) in [5.74, 6) is -0.354. The second-order valence-corrected chi connectivity index (χ2v) is 7.38. The topological polar surface area (TPSA) is 84.5 Å². The molecule has 22 heavy (non-hydrogen) atoms. The summed E-state index contributed by atoms with van der Waals surface area (Å²) in [5, 5.41) is 2.88. The Morgan fingerprint density at radius 3 is 2.77 bits per heavy atom. The molecule has 0 spiro atoms. The molecule has 122 valence electrons. The van der Waals surface area contributed by atoms with Crippen LogP contribution < -0.4 is 10.0 Å². The van der Waals surface area contributed by atoms with Crippen LogP contribution in [0.25, 0.3) is 0 Å². The summed E-state index contributed by atoms with van der Waals surface area (Å²) in [7, 11) is -3.43. The van der Waals surface area contributed by atoms with Gasteiger partial charge in [0.1, 0.15) is 0 Å². The number of carbonyl (C=O) groups excluding carboxylic acids is 1. The summed E-state index contributed by atoms with van der Waals surface area (Å²) in [6, 6.07) is 6.46. The smallest absolute Gasteiger partial charge is 0.253 e. The summed E-state index contributed by atoms with van der Waals surface area (Å²) >= 11 is 0. The van der Waals surface area contributed by atoms with Gasteiger partial charge in [-0.3, -0.25) is 9.52 Å². The van der Waals surface area contributed by atoms with Crippen LogP contribution in [-0.4, -0.2) is 38.8 Å². The highest BCUT2D eigenvalue weighted by molar-refractivity contribution is 7.92. The predicted octanol–water partition coefficient (Wildman–Crippen LogP) is 1.75. The molecule has 1 heterocycles. The van der Waals surface area contributed by atoms with Crippen molar-refractivity contribution >= 4 is 21.6 Å². The van der Waals surface area contributed by atoms with E-state index in [9.17, 15) is 13.2 Å². The lowest BCUT2D eigenvalue weighted by Crippen LogP contribution is -2.41. The lowest BCUT2D eigenvalue weighted by molar-refractivity contribution is 0.0713. The van der Waals surface area contributed by atoms with Crippen molar-refractivity contribution in [3.63, 3.8) is 0 Å². The summed E-state index contributed by atoms with van der Waals surface area (Å²) in [6.45, 7) is 4.16. The Kier molecular flexibility index (Phi) is 5.42. The Bertz CT molecular complexity index is 624. The molecule has 6 nitrogen and oxygen atoms in total. The maximum Gasteiger partial charge on any atom is 0.253 e. The van der Waals surface area contributed by atoms with Gasteiger partial charge in [-0.2, -0.15) is 0 Å². The molecule has 0 saturated carbocycles. The quantitative estimate of drug-likeness (QED) is 0.834. The molecule has 2 atom stereocenters. The van der Waals surface area contributed by atoms with Gasteiger partial charge in [-0.15, -0.1) is 0 Å². The summed E-state index contributed by atoms with van der Waals surface area (Å²) in [6.07, 6.45) is 1.94. The first-order valence-corrected chi connectivity index (χ1v) is 9.10. The Labute approximate surface area is 131 Å². The number of ether oxygens (including phenoxy) is 1. The third-order valence-corrected chi connectivity index (χ3v) is 4.99. The van der Waals surface area contributed by atoms with Crippen LogP contribution in [0.5, 0.6) is 0 Å². The SMILES string of the molecule is CCS(=O)(=O)Nc1ccccc1C(=O)N[C@@H](C)[C@@H]1CCCO1. The number of hydrogen-bond acceptors (Lipinski definition) is 4. The molecule has 2 N–H and O–H groups in total. The number of benzene rings is 1. The first kappa shape index (κ1) is 16.8. The van der Waals surface area contributed by atoms with E-state index in [1.807, 2.05) is 6.92 Å². The van der Waals surface area contributed by atoms with Gasteiger partial charge in [-0.05, 0) is 38.8 Å². The van der Waals surface area contributed by atoms with Crippen LogP contribution in [0.2, 0.25) is 0 Å². The maximum absolute atomic E-state index is 12.4. The first-order valence-electron chi connectivity index (χ1n) is 7.45. The average molecular weight is 326 g/mol. The largest absolute Gasteiger partial charge is 0.376 e. The number of amides is 1. The van der Waals surface area contributed by atoms with E-state index >= 15 is 0 Å². The molecule has 1 saturated heterocycles. The van der Waals surface area contributed by atoms with Crippen molar-refractivity contribution in [3.8, 4) is 0 Å². The molecular formula is C15H22N2O4S. The molecule has 1 amide bonds. The summed E-state index contributed by atoms with van der Waals surface area (Å²) in [4.78, 5) is 12.4. The zero-order valence-electron chi connectivity index (χ0n) is 12.8. The third kappa shape index (κ3) is 4.20. The Balaban J connectivity index is 2.12. The van der Waals surface area contributed by atoms with Crippen molar-refractivity contribution in [2.45, 2.75) is 38.8 Å². The van der Waals surface area contributed by atoms with Gasteiger partial charge < -0.3 is 10.1 Å². The van der Waals surface area contributed by atoms with Crippen molar-refractivity contribution < 1.29 is 17.9 Å². The normalized spacial score (nSPS) is 19.6. The van der Waals surface area contributed by atoms with Crippen molar-refractivity contribution in [2.75, 3.05) is 17.1 Å². The second-order valence-electron chi connectivity index (χ2n) is 5.36. The lowest BCUT2D eigenvalue weighted by atomic mass is 10.1. The average Bonchev–Trinajstić information content (AvgIpc) is 3.01. The minimum Gasteiger partial charge on any atom is -0.376 e. The fourth-order valence-electron chi connectivity index (χ4n) is 2.38. The minimum atomic E-state index is -3.43. The molecule has 0 radical (unpaired) electrons. The number of hydrogen-bond donors (Lipinski definition) is 2. The molecule has 0 aromatic heterocycles. The fraction of sp³-hybridized carbons (Fsp3) is 0.533. The number of rotatable bonds is 6. The van der Waals surface area contributed by atoms with Crippen LogP contribution in [-0.2, 0) is 14.8 Å². The van der Waals surface area contributed by atoms with E-state index in [4.69, 9.17) is 4.74 Å². The highest BCUT2D eigenvalue weighted by Gasteiger charge is 2.25. The van der Waals surface area contributed by atoms with Gasteiger partial charge in [0.05, 0.1) is 29.1 Å². The van der Waals surface area contributed by atoms with E-state index in [-0.39, 0.29) is 23.8 Å². The molecule has 1 fully saturated rings.